The molecule has 1 fully saturated rings. The molecule has 8 heteroatoms. The number of imidazole rings is 1. The van der Waals surface area contributed by atoms with Crippen molar-refractivity contribution in [2.24, 2.45) is 0 Å². The predicted molar refractivity (Wildman–Crippen MR) is 76.4 cm³/mol. The Labute approximate surface area is 119 Å². The van der Waals surface area contributed by atoms with Crippen molar-refractivity contribution in [3.05, 3.63) is 21.7 Å². The fourth-order valence-corrected chi connectivity index (χ4v) is 3.31. The third-order valence-corrected chi connectivity index (χ3v) is 4.34. The average molecular weight is 296 g/mol. The van der Waals surface area contributed by atoms with Crippen molar-refractivity contribution in [1.29, 1.82) is 0 Å². The number of hydrogen-bond acceptors (Lipinski definition) is 6. The Morgan fingerprint density at radius 2 is 2.60 bits per heavy atom. The lowest BCUT2D eigenvalue weighted by atomic mass is 10.1. The van der Waals surface area contributed by atoms with Crippen molar-refractivity contribution in [2.45, 2.75) is 38.3 Å². The van der Waals surface area contributed by atoms with E-state index in [0.717, 1.165) is 25.9 Å². The Kier molecular flexibility index (Phi) is 3.58. The Balaban J connectivity index is 1.90. The molecule has 0 aliphatic carbocycles. The minimum Gasteiger partial charge on any atom is -0.376 e. The maximum Gasteiger partial charge on any atom is 0.372 e. The Morgan fingerprint density at radius 3 is 3.25 bits per heavy atom. The molecule has 2 aromatic rings. The summed E-state index contributed by atoms with van der Waals surface area (Å²) in [5, 5.41) is 16.3. The Hall–Kier alpha value is -1.67. The maximum atomic E-state index is 11.3. The molecule has 20 heavy (non-hydrogen) atoms. The molecule has 2 unspecified atom stereocenters. The lowest BCUT2D eigenvalue weighted by Crippen LogP contribution is -2.32. The third kappa shape index (κ3) is 2.25. The molecule has 2 aromatic heterocycles. The highest BCUT2D eigenvalue weighted by atomic mass is 32.1. The maximum absolute atomic E-state index is 11.3. The number of nitrogens with zero attached hydrogens (tertiary/aromatic N) is 3. The number of hydrogen-bond donors (Lipinski definition) is 1. The van der Waals surface area contributed by atoms with E-state index in [9.17, 15) is 10.1 Å². The highest BCUT2D eigenvalue weighted by Crippen LogP contribution is 2.30. The van der Waals surface area contributed by atoms with Crippen molar-refractivity contribution in [1.82, 2.24) is 9.38 Å². The van der Waals surface area contributed by atoms with Gasteiger partial charge in [0, 0.05) is 12.0 Å². The molecule has 2 atom stereocenters. The summed E-state index contributed by atoms with van der Waals surface area (Å²) in [4.78, 5) is 15.8. The number of thiazole rings is 1. The van der Waals surface area contributed by atoms with Crippen molar-refractivity contribution >= 4 is 27.9 Å². The van der Waals surface area contributed by atoms with E-state index in [1.54, 1.807) is 11.6 Å². The summed E-state index contributed by atoms with van der Waals surface area (Å²) < 4.78 is 7.18. The molecule has 0 spiro atoms. The van der Waals surface area contributed by atoms with Crippen LogP contribution >= 0.6 is 11.3 Å². The largest absolute Gasteiger partial charge is 0.376 e. The van der Waals surface area contributed by atoms with Gasteiger partial charge in [-0.1, -0.05) is 18.3 Å². The molecular weight excluding hydrogens is 280 g/mol. The number of nitrogens with one attached hydrogen (secondary N) is 1. The van der Waals surface area contributed by atoms with Gasteiger partial charge in [0.15, 0.2) is 0 Å². The summed E-state index contributed by atoms with van der Waals surface area (Å²) in [5.41, 5.74) is 0. The smallest absolute Gasteiger partial charge is 0.372 e. The molecule has 0 aromatic carbocycles. The second-order valence-electron chi connectivity index (χ2n) is 4.81. The zero-order valence-corrected chi connectivity index (χ0v) is 11.9. The fourth-order valence-electron chi connectivity index (χ4n) is 2.60. The summed E-state index contributed by atoms with van der Waals surface area (Å²) in [6, 6.07) is 0.0563. The molecule has 1 N–H and O–H groups in total. The number of ether oxygens (including phenoxy) is 1. The van der Waals surface area contributed by atoms with Crippen LogP contribution in [0.4, 0.5) is 11.6 Å². The molecular formula is C12H16N4O3S. The SMILES string of the molecule is CCC(Nc1nc2sccn2c1[N+](=O)[O-])C1CCCO1. The van der Waals surface area contributed by atoms with E-state index in [4.69, 9.17) is 4.74 Å². The lowest BCUT2D eigenvalue weighted by molar-refractivity contribution is -0.389. The van der Waals surface area contributed by atoms with E-state index in [-0.39, 0.29) is 18.0 Å². The van der Waals surface area contributed by atoms with Crippen LogP contribution in [0.15, 0.2) is 11.6 Å². The first-order valence-corrected chi connectivity index (χ1v) is 7.56. The average Bonchev–Trinajstić information content (AvgIpc) is 3.11. The third-order valence-electron chi connectivity index (χ3n) is 3.59. The number of rotatable bonds is 5. The van der Waals surface area contributed by atoms with E-state index < -0.39 is 4.92 Å². The van der Waals surface area contributed by atoms with Crippen LogP contribution in [-0.4, -0.2) is 33.1 Å². The van der Waals surface area contributed by atoms with Crippen LogP contribution in [0.3, 0.4) is 0 Å². The molecule has 108 valence electrons. The molecule has 7 nitrogen and oxygen atoms in total. The van der Waals surface area contributed by atoms with Crippen molar-refractivity contribution in [3.63, 3.8) is 0 Å². The van der Waals surface area contributed by atoms with Gasteiger partial charge in [-0.3, -0.25) is 0 Å². The van der Waals surface area contributed by atoms with Crippen molar-refractivity contribution in [2.75, 3.05) is 11.9 Å². The van der Waals surface area contributed by atoms with E-state index >= 15 is 0 Å². The van der Waals surface area contributed by atoms with Gasteiger partial charge in [-0.2, -0.15) is 9.38 Å². The zero-order chi connectivity index (χ0) is 14.1. The van der Waals surface area contributed by atoms with Crippen LogP contribution < -0.4 is 5.32 Å². The summed E-state index contributed by atoms with van der Waals surface area (Å²) in [5.74, 6) is 0.335. The highest BCUT2D eigenvalue weighted by molar-refractivity contribution is 7.15. The molecule has 0 amide bonds. The normalized spacial score (nSPS) is 20.4. The first kappa shape index (κ1) is 13.3. The van der Waals surface area contributed by atoms with Gasteiger partial charge >= 0.3 is 5.82 Å². The molecule has 1 aliphatic rings. The van der Waals surface area contributed by atoms with Gasteiger partial charge in [0.1, 0.15) is 6.20 Å². The van der Waals surface area contributed by atoms with Gasteiger partial charge < -0.3 is 20.2 Å². The van der Waals surface area contributed by atoms with E-state index in [2.05, 4.69) is 10.3 Å². The van der Waals surface area contributed by atoms with E-state index in [0.29, 0.717) is 10.8 Å². The summed E-state index contributed by atoms with van der Waals surface area (Å²) >= 11 is 1.38. The van der Waals surface area contributed by atoms with Crippen LogP contribution in [0.25, 0.3) is 4.96 Å². The first-order valence-electron chi connectivity index (χ1n) is 6.68. The molecule has 1 aliphatic heterocycles. The lowest BCUT2D eigenvalue weighted by Gasteiger charge is -2.22. The minimum absolute atomic E-state index is 0.00213. The van der Waals surface area contributed by atoms with Gasteiger partial charge in [-0.25, -0.2) is 0 Å². The van der Waals surface area contributed by atoms with Crippen LogP contribution in [-0.2, 0) is 4.74 Å². The fraction of sp³-hybridized carbons (Fsp3) is 0.583. The van der Waals surface area contributed by atoms with Gasteiger partial charge in [0.05, 0.1) is 12.1 Å². The topological polar surface area (TPSA) is 81.7 Å². The minimum atomic E-state index is -0.392. The molecule has 0 bridgehead atoms. The predicted octanol–water partition coefficient (Wildman–Crippen LogP) is 2.67. The molecule has 3 heterocycles. The summed E-state index contributed by atoms with van der Waals surface area (Å²) in [6.45, 7) is 2.81. The quantitative estimate of drug-likeness (QED) is 0.677. The van der Waals surface area contributed by atoms with Crippen LogP contribution in [0.1, 0.15) is 26.2 Å². The van der Waals surface area contributed by atoms with Crippen molar-refractivity contribution in [3.8, 4) is 0 Å². The Morgan fingerprint density at radius 1 is 1.75 bits per heavy atom. The van der Waals surface area contributed by atoms with Crippen LogP contribution in [0.2, 0.25) is 0 Å². The Bertz CT molecular complexity index is 617. The molecule has 0 saturated carbocycles. The number of anilines is 1. The van der Waals surface area contributed by atoms with Crippen LogP contribution in [0, 0.1) is 10.1 Å². The van der Waals surface area contributed by atoms with Crippen molar-refractivity contribution < 1.29 is 9.66 Å². The van der Waals surface area contributed by atoms with Gasteiger partial charge in [-0.05, 0) is 24.2 Å². The number of nitro groups is 1. The zero-order valence-electron chi connectivity index (χ0n) is 11.1. The summed E-state index contributed by atoms with van der Waals surface area (Å²) in [7, 11) is 0. The van der Waals surface area contributed by atoms with E-state index in [1.807, 2.05) is 6.92 Å². The molecule has 1 saturated heterocycles. The monoisotopic (exact) mass is 296 g/mol. The number of aromatic nitrogens is 2. The van der Waals surface area contributed by atoms with Crippen LogP contribution in [0.5, 0.6) is 0 Å². The van der Waals surface area contributed by atoms with Gasteiger partial charge in [-0.15, -0.1) is 0 Å². The number of fused-ring (bicyclic) bond motifs is 1. The van der Waals surface area contributed by atoms with E-state index in [1.165, 1.54) is 15.7 Å². The molecule has 3 rings (SSSR count). The standard InChI is InChI=1S/C12H16N4O3S/c1-2-8(9-4-3-6-19-9)13-10-11(16(17)18)15-5-7-20-12(15)14-10/h5,7-9,13H,2-4,6H2,1H3. The van der Waals surface area contributed by atoms with Gasteiger partial charge in [0.2, 0.25) is 5.82 Å². The van der Waals surface area contributed by atoms with Gasteiger partial charge in [0.25, 0.3) is 4.96 Å². The second-order valence-corrected chi connectivity index (χ2v) is 5.68. The first-order chi connectivity index (χ1) is 9.70. The highest BCUT2D eigenvalue weighted by Gasteiger charge is 2.30. The molecule has 0 radical (unpaired) electrons. The second kappa shape index (κ2) is 5.37. The summed E-state index contributed by atoms with van der Waals surface area (Å²) in [6.07, 6.45) is 4.65.